The Kier molecular flexibility index (Phi) is 4.29. The standard InChI is InChI=1S/C11H24N4O/c1-11(2,3)9(12)10(16)13-15-7-5-14(4)6-8-15/h9H,5-8,12H2,1-4H3,(H,13,16)/t9-/m0/s1. The van der Waals surface area contributed by atoms with Gasteiger partial charge >= 0.3 is 0 Å². The van der Waals surface area contributed by atoms with E-state index in [9.17, 15) is 4.79 Å². The summed E-state index contributed by atoms with van der Waals surface area (Å²) in [5, 5.41) is 1.95. The van der Waals surface area contributed by atoms with E-state index in [1.54, 1.807) is 0 Å². The second-order valence-electron chi connectivity index (χ2n) is 5.61. The summed E-state index contributed by atoms with van der Waals surface area (Å²) < 4.78 is 0. The van der Waals surface area contributed by atoms with E-state index in [2.05, 4.69) is 17.4 Å². The number of amides is 1. The minimum atomic E-state index is -0.466. The Bertz CT molecular complexity index is 241. The van der Waals surface area contributed by atoms with Crippen molar-refractivity contribution in [1.29, 1.82) is 0 Å². The molecule has 16 heavy (non-hydrogen) atoms. The van der Waals surface area contributed by atoms with Crippen molar-refractivity contribution in [3.05, 3.63) is 0 Å². The van der Waals surface area contributed by atoms with E-state index in [4.69, 9.17) is 5.73 Å². The van der Waals surface area contributed by atoms with Crippen LogP contribution < -0.4 is 11.2 Å². The summed E-state index contributed by atoms with van der Waals surface area (Å²) in [5.41, 5.74) is 8.58. The summed E-state index contributed by atoms with van der Waals surface area (Å²) in [7, 11) is 2.08. The van der Waals surface area contributed by atoms with Crippen LogP contribution in [0.3, 0.4) is 0 Å². The van der Waals surface area contributed by atoms with E-state index in [1.807, 2.05) is 25.8 Å². The number of carbonyl (C=O) groups excluding carboxylic acids is 1. The maximum Gasteiger partial charge on any atom is 0.251 e. The van der Waals surface area contributed by atoms with Crippen molar-refractivity contribution in [2.45, 2.75) is 26.8 Å². The average molecular weight is 228 g/mol. The van der Waals surface area contributed by atoms with Crippen molar-refractivity contribution in [2.24, 2.45) is 11.1 Å². The Morgan fingerprint density at radius 1 is 1.25 bits per heavy atom. The maximum atomic E-state index is 11.8. The van der Waals surface area contributed by atoms with E-state index in [0.29, 0.717) is 0 Å². The first-order valence-electron chi connectivity index (χ1n) is 5.80. The monoisotopic (exact) mass is 228 g/mol. The lowest BCUT2D eigenvalue weighted by atomic mass is 9.87. The molecule has 1 aliphatic rings. The second-order valence-corrected chi connectivity index (χ2v) is 5.61. The van der Waals surface area contributed by atoms with Crippen LogP contribution in [-0.4, -0.2) is 55.1 Å². The number of nitrogens with two attached hydrogens (primary N) is 1. The summed E-state index contributed by atoms with van der Waals surface area (Å²) >= 11 is 0. The molecule has 1 fully saturated rings. The highest BCUT2D eigenvalue weighted by molar-refractivity contribution is 5.81. The third-order valence-corrected chi connectivity index (χ3v) is 2.99. The second kappa shape index (κ2) is 5.12. The topological polar surface area (TPSA) is 61.6 Å². The van der Waals surface area contributed by atoms with Gasteiger partial charge in [0.25, 0.3) is 5.91 Å². The number of likely N-dealkylation sites (N-methyl/N-ethyl adjacent to an activating group) is 1. The quantitative estimate of drug-likeness (QED) is 0.677. The number of carbonyl (C=O) groups is 1. The first-order chi connectivity index (χ1) is 7.30. The highest BCUT2D eigenvalue weighted by Gasteiger charge is 2.28. The Labute approximate surface area is 97.9 Å². The zero-order valence-electron chi connectivity index (χ0n) is 10.8. The lowest BCUT2D eigenvalue weighted by Gasteiger charge is -2.34. The molecule has 1 aliphatic heterocycles. The zero-order valence-corrected chi connectivity index (χ0v) is 10.8. The van der Waals surface area contributed by atoms with Gasteiger partial charge in [0.2, 0.25) is 0 Å². The van der Waals surface area contributed by atoms with E-state index >= 15 is 0 Å². The zero-order chi connectivity index (χ0) is 12.3. The maximum absolute atomic E-state index is 11.8. The van der Waals surface area contributed by atoms with Crippen LogP contribution in [0.1, 0.15) is 20.8 Å². The predicted octanol–water partition coefficient (Wildman–Crippen LogP) is -0.362. The van der Waals surface area contributed by atoms with Gasteiger partial charge in [0.05, 0.1) is 6.04 Å². The van der Waals surface area contributed by atoms with E-state index in [-0.39, 0.29) is 11.3 Å². The number of nitrogens with one attached hydrogen (secondary N) is 1. The summed E-state index contributed by atoms with van der Waals surface area (Å²) in [4.78, 5) is 14.1. The molecule has 1 amide bonds. The molecule has 1 rings (SSSR count). The summed E-state index contributed by atoms with van der Waals surface area (Å²) in [5.74, 6) is -0.0861. The molecule has 5 heteroatoms. The molecule has 0 aliphatic carbocycles. The highest BCUT2D eigenvalue weighted by atomic mass is 16.2. The van der Waals surface area contributed by atoms with Crippen molar-refractivity contribution in [1.82, 2.24) is 15.3 Å². The molecule has 3 N–H and O–H groups in total. The molecule has 0 bridgehead atoms. The number of hydrogen-bond acceptors (Lipinski definition) is 4. The van der Waals surface area contributed by atoms with Crippen LogP contribution in [0.4, 0.5) is 0 Å². The van der Waals surface area contributed by atoms with Crippen LogP contribution in [0, 0.1) is 5.41 Å². The minimum absolute atomic E-state index is 0.0861. The average Bonchev–Trinajstić information content (AvgIpc) is 2.19. The smallest absolute Gasteiger partial charge is 0.251 e. The lowest BCUT2D eigenvalue weighted by molar-refractivity contribution is -0.130. The molecule has 1 atom stereocenters. The fourth-order valence-electron chi connectivity index (χ4n) is 1.54. The SMILES string of the molecule is CN1CCN(NC(=O)[C@H](N)C(C)(C)C)CC1. The van der Waals surface area contributed by atoms with E-state index < -0.39 is 6.04 Å². The molecule has 0 radical (unpaired) electrons. The van der Waals surface area contributed by atoms with Crippen LogP contribution in [0.2, 0.25) is 0 Å². The molecule has 1 saturated heterocycles. The molecule has 0 saturated carbocycles. The van der Waals surface area contributed by atoms with Crippen molar-refractivity contribution < 1.29 is 4.79 Å². The molecule has 0 aromatic heterocycles. The van der Waals surface area contributed by atoms with Gasteiger partial charge < -0.3 is 10.6 Å². The molecule has 1 heterocycles. The van der Waals surface area contributed by atoms with Crippen molar-refractivity contribution >= 4 is 5.91 Å². The van der Waals surface area contributed by atoms with Gasteiger partial charge in [-0.25, -0.2) is 5.01 Å². The molecule has 0 unspecified atom stereocenters. The van der Waals surface area contributed by atoms with Gasteiger partial charge in [0, 0.05) is 26.2 Å². The normalized spacial score (nSPS) is 21.8. The van der Waals surface area contributed by atoms with Crippen molar-refractivity contribution in [3.8, 4) is 0 Å². The Hall–Kier alpha value is -0.650. The summed E-state index contributed by atoms with van der Waals surface area (Å²) in [6.07, 6.45) is 0. The number of nitrogens with zero attached hydrogens (tertiary/aromatic N) is 2. The molecule has 0 aromatic rings. The number of piperazine rings is 1. The van der Waals surface area contributed by atoms with Crippen LogP contribution in [-0.2, 0) is 4.79 Å². The largest absolute Gasteiger partial charge is 0.319 e. The Morgan fingerprint density at radius 2 is 1.75 bits per heavy atom. The van der Waals surface area contributed by atoms with Crippen molar-refractivity contribution in [3.63, 3.8) is 0 Å². The van der Waals surface area contributed by atoms with E-state index in [0.717, 1.165) is 26.2 Å². The van der Waals surface area contributed by atoms with Gasteiger partial charge in [0.15, 0.2) is 0 Å². The molecular formula is C11H24N4O. The predicted molar refractivity (Wildman–Crippen MR) is 64.6 cm³/mol. The highest BCUT2D eigenvalue weighted by Crippen LogP contribution is 2.17. The molecule has 0 aromatic carbocycles. The Morgan fingerprint density at radius 3 is 2.19 bits per heavy atom. The van der Waals surface area contributed by atoms with Gasteiger partial charge in [-0.2, -0.15) is 0 Å². The van der Waals surface area contributed by atoms with Gasteiger partial charge in [-0.3, -0.25) is 10.2 Å². The third kappa shape index (κ3) is 3.73. The van der Waals surface area contributed by atoms with Crippen LogP contribution in [0.5, 0.6) is 0 Å². The lowest BCUT2D eigenvalue weighted by Crippen LogP contribution is -2.58. The summed E-state index contributed by atoms with van der Waals surface area (Å²) in [6.45, 7) is 9.60. The van der Waals surface area contributed by atoms with Gasteiger partial charge in [-0.05, 0) is 12.5 Å². The molecular weight excluding hydrogens is 204 g/mol. The minimum Gasteiger partial charge on any atom is -0.319 e. The molecule has 0 spiro atoms. The van der Waals surface area contributed by atoms with Crippen LogP contribution in [0.15, 0.2) is 0 Å². The third-order valence-electron chi connectivity index (χ3n) is 2.99. The first-order valence-corrected chi connectivity index (χ1v) is 5.80. The number of hydrazine groups is 1. The number of hydrogen-bond donors (Lipinski definition) is 2. The fourth-order valence-corrected chi connectivity index (χ4v) is 1.54. The van der Waals surface area contributed by atoms with Crippen LogP contribution in [0.25, 0.3) is 0 Å². The van der Waals surface area contributed by atoms with Crippen molar-refractivity contribution in [2.75, 3.05) is 33.2 Å². The molecule has 5 nitrogen and oxygen atoms in total. The van der Waals surface area contributed by atoms with Gasteiger partial charge in [-0.15, -0.1) is 0 Å². The van der Waals surface area contributed by atoms with Crippen LogP contribution >= 0.6 is 0 Å². The summed E-state index contributed by atoms with van der Waals surface area (Å²) in [6, 6.07) is -0.466. The fraction of sp³-hybridized carbons (Fsp3) is 0.909. The molecule has 94 valence electrons. The Balaban J connectivity index is 2.40. The number of rotatable bonds is 2. The van der Waals surface area contributed by atoms with E-state index in [1.165, 1.54) is 0 Å². The van der Waals surface area contributed by atoms with Gasteiger partial charge in [-0.1, -0.05) is 20.8 Å². The first kappa shape index (κ1) is 13.4. The van der Waals surface area contributed by atoms with Gasteiger partial charge in [0.1, 0.15) is 0 Å².